The van der Waals surface area contributed by atoms with E-state index in [0.717, 1.165) is 23.6 Å². The highest BCUT2D eigenvalue weighted by Gasteiger charge is 2.11. The minimum absolute atomic E-state index is 0.378. The van der Waals surface area contributed by atoms with Gasteiger partial charge in [-0.1, -0.05) is 19.1 Å². The van der Waals surface area contributed by atoms with Crippen LogP contribution in [0.2, 0.25) is 0 Å². The molecule has 1 unspecified atom stereocenters. The molecule has 1 aromatic carbocycles. The van der Waals surface area contributed by atoms with Gasteiger partial charge in [-0.05, 0) is 52.4 Å². The van der Waals surface area contributed by atoms with E-state index in [4.69, 9.17) is 0 Å². The third kappa shape index (κ3) is 5.57. The van der Waals surface area contributed by atoms with E-state index in [1.54, 1.807) is 24.5 Å². The van der Waals surface area contributed by atoms with Crippen LogP contribution >= 0.6 is 11.3 Å². The van der Waals surface area contributed by atoms with Gasteiger partial charge in [0.15, 0.2) is 15.8 Å². The molecule has 7 heteroatoms. The minimum Gasteiger partial charge on any atom is -0.356 e. The van der Waals surface area contributed by atoms with Crippen molar-refractivity contribution in [3.05, 3.63) is 51.7 Å². The number of benzene rings is 1. The maximum Gasteiger partial charge on any atom is 0.191 e. The van der Waals surface area contributed by atoms with Crippen molar-refractivity contribution < 1.29 is 8.42 Å². The zero-order chi connectivity index (χ0) is 18.4. The van der Waals surface area contributed by atoms with E-state index >= 15 is 0 Å². The van der Waals surface area contributed by atoms with Gasteiger partial charge < -0.3 is 10.6 Å². The zero-order valence-electron chi connectivity index (χ0n) is 15.0. The average molecular weight is 380 g/mol. The first kappa shape index (κ1) is 19.5. The Balaban J connectivity index is 1.91. The number of thiophene rings is 1. The minimum atomic E-state index is -3.18. The van der Waals surface area contributed by atoms with Gasteiger partial charge in [-0.2, -0.15) is 11.3 Å². The summed E-state index contributed by atoms with van der Waals surface area (Å²) in [6.45, 7) is 5.37. The van der Waals surface area contributed by atoms with Crippen LogP contribution in [-0.4, -0.2) is 34.2 Å². The molecule has 0 spiro atoms. The highest BCUT2D eigenvalue weighted by Crippen LogP contribution is 2.17. The first-order valence-corrected chi connectivity index (χ1v) is 10.9. The van der Waals surface area contributed by atoms with Crippen LogP contribution in [0.4, 0.5) is 0 Å². The lowest BCUT2D eigenvalue weighted by Crippen LogP contribution is -2.38. The van der Waals surface area contributed by atoms with E-state index in [2.05, 4.69) is 39.4 Å². The molecule has 0 aliphatic carbocycles. The molecule has 1 aromatic heterocycles. The van der Waals surface area contributed by atoms with Crippen molar-refractivity contribution in [3.8, 4) is 0 Å². The van der Waals surface area contributed by atoms with Crippen molar-refractivity contribution in [1.29, 1.82) is 0 Å². The molecule has 0 saturated heterocycles. The van der Waals surface area contributed by atoms with E-state index in [1.165, 1.54) is 11.8 Å². The highest BCUT2D eigenvalue weighted by molar-refractivity contribution is 7.90. The third-order valence-electron chi connectivity index (χ3n) is 4.01. The number of hydrogen-bond donors (Lipinski definition) is 2. The molecule has 0 aliphatic heterocycles. The summed E-state index contributed by atoms with van der Waals surface area (Å²) in [5, 5.41) is 10.8. The topological polar surface area (TPSA) is 70.6 Å². The molecule has 1 heterocycles. The maximum atomic E-state index is 11.7. The third-order valence-corrected chi connectivity index (χ3v) is 5.97. The van der Waals surface area contributed by atoms with Crippen LogP contribution in [0.25, 0.3) is 0 Å². The summed E-state index contributed by atoms with van der Waals surface area (Å²) in [6.07, 6.45) is 1.23. The fourth-order valence-electron chi connectivity index (χ4n) is 2.57. The summed E-state index contributed by atoms with van der Waals surface area (Å²) in [6, 6.07) is 7.53. The van der Waals surface area contributed by atoms with Crippen molar-refractivity contribution in [2.75, 3.05) is 19.8 Å². The standard InChI is InChI=1S/C18H25N3O2S2/c1-13-9-15(5-6-17(13)25(4,22)23)11-21-18(19-3)20-10-14(2)16-7-8-24-12-16/h5-9,12,14H,10-11H2,1-4H3,(H2,19,20,21). The largest absolute Gasteiger partial charge is 0.356 e. The predicted molar refractivity (Wildman–Crippen MR) is 105 cm³/mol. The van der Waals surface area contributed by atoms with Crippen LogP contribution < -0.4 is 10.6 Å². The number of rotatable bonds is 6. The number of nitrogens with one attached hydrogen (secondary N) is 2. The maximum absolute atomic E-state index is 11.7. The Morgan fingerprint density at radius 1 is 1.28 bits per heavy atom. The molecule has 0 bridgehead atoms. The Bertz CT molecular complexity index is 828. The van der Waals surface area contributed by atoms with Gasteiger partial charge >= 0.3 is 0 Å². The van der Waals surface area contributed by atoms with Gasteiger partial charge in [0.1, 0.15) is 0 Å². The fourth-order valence-corrected chi connectivity index (χ4v) is 4.31. The number of aryl methyl sites for hydroxylation is 1. The van der Waals surface area contributed by atoms with Crippen LogP contribution in [0.15, 0.2) is 44.9 Å². The van der Waals surface area contributed by atoms with Gasteiger partial charge in [-0.3, -0.25) is 4.99 Å². The summed E-state index contributed by atoms with van der Waals surface area (Å²) >= 11 is 1.70. The Kier molecular flexibility index (Phi) is 6.61. The Hall–Kier alpha value is -1.86. The number of sulfone groups is 1. The second-order valence-electron chi connectivity index (χ2n) is 6.14. The molecule has 2 N–H and O–H groups in total. The van der Waals surface area contributed by atoms with Crippen molar-refractivity contribution in [2.24, 2.45) is 4.99 Å². The molecule has 0 amide bonds. The second kappa shape index (κ2) is 8.49. The Labute approximate surface area is 154 Å². The molecule has 25 heavy (non-hydrogen) atoms. The Morgan fingerprint density at radius 3 is 2.60 bits per heavy atom. The van der Waals surface area contributed by atoms with Crippen LogP contribution in [0, 0.1) is 6.92 Å². The molecule has 5 nitrogen and oxygen atoms in total. The molecular weight excluding hydrogens is 354 g/mol. The molecular formula is C18H25N3O2S2. The number of aliphatic imine (C=N–C) groups is 1. The summed E-state index contributed by atoms with van der Waals surface area (Å²) in [5.74, 6) is 1.13. The normalized spacial score (nSPS) is 13.5. The molecule has 0 aliphatic rings. The monoisotopic (exact) mass is 379 g/mol. The van der Waals surface area contributed by atoms with E-state index in [-0.39, 0.29) is 0 Å². The number of nitrogens with zero attached hydrogens (tertiary/aromatic N) is 1. The lowest BCUT2D eigenvalue weighted by atomic mass is 10.1. The van der Waals surface area contributed by atoms with E-state index in [1.807, 2.05) is 19.1 Å². The molecule has 1 atom stereocenters. The van der Waals surface area contributed by atoms with Crippen molar-refractivity contribution in [2.45, 2.75) is 31.2 Å². The first-order chi connectivity index (χ1) is 11.8. The summed E-state index contributed by atoms with van der Waals surface area (Å²) in [7, 11) is -1.44. The molecule has 2 aromatic rings. The van der Waals surface area contributed by atoms with E-state index < -0.39 is 9.84 Å². The van der Waals surface area contributed by atoms with Crippen LogP contribution in [0.1, 0.15) is 29.5 Å². The average Bonchev–Trinajstić information content (AvgIpc) is 3.08. The summed E-state index contributed by atoms with van der Waals surface area (Å²) < 4.78 is 23.4. The first-order valence-electron chi connectivity index (χ1n) is 8.07. The van der Waals surface area contributed by atoms with Gasteiger partial charge in [-0.25, -0.2) is 8.42 Å². The SMILES string of the molecule is CN=C(NCc1ccc(S(C)(=O)=O)c(C)c1)NCC(C)c1ccsc1. The van der Waals surface area contributed by atoms with Gasteiger partial charge in [-0.15, -0.1) is 0 Å². The Morgan fingerprint density at radius 2 is 2.04 bits per heavy atom. The second-order valence-corrected chi connectivity index (χ2v) is 8.90. The number of guanidine groups is 1. The van der Waals surface area contributed by atoms with Gasteiger partial charge in [0.2, 0.25) is 0 Å². The zero-order valence-corrected chi connectivity index (χ0v) is 16.7. The van der Waals surface area contributed by atoms with Crippen molar-refractivity contribution in [3.63, 3.8) is 0 Å². The lowest BCUT2D eigenvalue weighted by molar-refractivity contribution is 0.601. The molecule has 0 saturated carbocycles. The fraction of sp³-hybridized carbons (Fsp3) is 0.389. The van der Waals surface area contributed by atoms with E-state index in [0.29, 0.717) is 17.4 Å². The smallest absolute Gasteiger partial charge is 0.191 e. The van der Waals surface area contributed by atoms with Crippen molar-refractivity contribution in [1.82, 2.24) is 10.6 Å². The quantitative estimate of drug-likeness (QED) is 0.598. The number of hydrogen-bond acceptors (Lipinski definition) is 4. The van der Waals surface area contributed by atoms with Crippen molar-refractivity contribution >= 4 is 27.1 Å². The lowest BCUT2D eigenvalue weighted by Gasteiger charge is -2.16. The summed E-state index contributed by atoms with van der Waals surface area (Å²) in [4.78, 5) is 4.61. The van der Waals surface area contributed by atoms with Crippen LogP contribution in [0.5, 0.6) is 0 Å². The highest BCUT2D eigenvalue weighted by atomic mass is 32.2. The predicted octanol–water partition coefficient (Wildman–Crippen LogP) is 2.93. The van der Waals surface area contributed by atoms with Crippen LogP contribution in [0.3, 0.4) is 0 Å². The molecule has 2 rings (SSSR count). The summed E-state index contributed by atoms with van der Waals surface area (Å²) in [5.41, 5.74) is 3.09. The molecule has 0 fully saturated rings. The van der Waals surface area contributed by atoms with Gasteiger partial charge in [0.25, 0.3) is 0 Å². The molecule has 0 radical (unpaired) electrons. The van der Waals surface area contributed by atoms with E-state index in [9.17, 15) is 8.42 Å². The molecule has 136 valence electrons. The van der Waals surface area contributed by atoms with Gasteiger partial charge in [0, 0.05) is 26.4 Å². The van der Waals surface area contributed by atoms with Gasteiger partial charge in [0.05, 0.1) is 4.90 Å². The van der Waals surface area contributed by atoms with Crippen LogP contribution in [-0.2, 0) is 16.4 Å².